The number of hydrogen-bond donors (Lipinski definition) is 2. The van der Waals surface area contributed by atoms with Gasteiger partial charge in [-0.15, -0.1) is 0 Å². The second kappa shape index (κ2) is 8.86. The van der Waals surface area contributed by atoms with E-state index in [0.29, 0.717) is 35.5 Å². The molecule has 0 fully saturated rings. The van der Waals surface area contributed by atoms with Gasteiger partial charge in [-0.2, -0.15) is 13.2 Å². The fraction of sp³-hybridized carbons (Fsp3) is 0.200. The number of alkyl halides is 3. The van der Waals surface area contributed by atoms with Gasteiger partial charge in [-0.1, -0.05) is 42.5 Å². The van der Waals surface area contributed by atoms with Gasteiger partial charge in [0.15, 0.2) is 0 Å². The summed E-state index contributed by atoms with van der Waals surface area (Å²) in [6, 6.07) is 21.1. The minimum atomic E-state index is -4.44. The highest BCUT2D eigenvalue weighted by Crippen LogP contribution is 2.40. The number of halogens is 3. The molecule has 31 heavy (non-hydrogen) atoms. The van der Waals surface area contributed by atoms with Crippen molar-refractivity contribution in [3.63, 3.8) is 0 Å². The second-order valence-electron chi connectivity index (χ2n) is 7.39. The third-order valence-corrected chi connectivity index (χ3v) is 5.23. The predicted octanol–water partition coefficient (Wildman–Crippen LogP) is 6.93. The van der Waals surface area contributed by atoms with Gasteiger partial charge in [0.25, 0.3) is 0 Å². The molecule has 0 amide bonds. The molecule has 6 heteroatoms. The van der Waals surface area contributed by atoms with Gasteiger partial charge < -0.3 is 15.5 Å². The number of aromatic amines is 1. The van der Waals surface area contributed by atoms with Crippen molar-refractivity contribution in [3.8, 4) is 22.8 Å². The van der Waals surface area contributed by atoms with Crippen LogP contribution < -0.4 is 10.5 Å². The molecule has 0 radical (unpaired) electrons. The van der Waals surface area contributed by atoms with E-state index in [1.54, 1.807) is 6.07 Å². The van der Waals surface area contributed by atoms with Crippen LogP contribution in [0.3, 0.4) is 0 Å². The molecule has 160 valence electrons. The number of nitrogens with two attached hydrogens (primary N) is 1. The molecule has 0 aliphatic rings. The fourth-order valence-electron chi connectivity index (χ4n) is 3.80. The maximum atomic E-state index is 13.6. The van der Waals surface area contributed by atoms with Crippen molar-refractivity contribution in [2.75, 3.05) is 6.54 Å². The molecular formula is C25H23F3N2O. The average molecular weight is 424 g/mol. The lowest BCUT2D eigenvalue weighted by molar-refractivity contribution is -0.136. The average Bonchev–Trinajstić information content (AvgIpc) is 3.13. The van der Waals surface area contributed by atoms with Crippen LogP contribution in [0.5, 0.6) is 11.5 Å². The summed E-state index contributed by atoms with van der Waals surface area (Å²) in [5.74, 6) is 1.31. The Balaban J connectivity index is 1.80. The molecule has 0 saturated carbocycles. The number of para-hydroxylation sites is 2. The minimum absolute atomic E-state index is 0.113. The zero-order chi connectivity index (χ0) is 21.8. The van der Waals surface area contributed by atoms with Crippen LogP contribution in [0.1, 0.15) is 24.0 Å². The Hall–Kier alpha value is -3.25. The Morgan fingerprint density at radius 2 is 1.58 bits per heavy atom. The van der Waals surface area contributed by atoms with Crippen molar-refractivity contribution in [2.45, 2.75) is 25.4 Å². The number of unbranched alkanes of at least 4 members (excludes halogenated alkanes) is 1. The van der Waals surface area contributed by atoms with Crippen molar-refractivity contribution < 1.29 is 17.9 Å². The van der Waals surface area contributed by atoms with Crippen molar-refractivity contribution >= 4 is 10.9 Å². The summed E-state index contributed by atoms with van der Waals surface area (Å²) in [5.41, 5.74) is 7.41. The van der Waals surface area contributed by atoms with Crippen LogP contribution in [0.15, 0.2) is 72.8 Å². The molecule has 0 atom stereocenters. The van der Waals surface area contributed by atoms with E-state index in [2.05, 4.69) is 4.98 Å². The molecule has 1 heterocycles. The summed E-state index contributed by atoms with van der Waals surface area (Å²) >= 11 is 0. The Kier molecular flexibility index (Phi) is 6.00. The number of rotatable bonds is 7. The summed E-state index contributed by atoms with van der Waals surface area (Å²) < 4.78 is 46.8. The van der Waals surface area contributed by atoms with Gasteiger partial charge in [0.2, 0.25) is 0 Å². The first-order chi connectivity index (χ1) is 15.0. The molecule has 1 aromatic heterocycles. The molecule has 0 saturated heterocycles. The van der Waals surface area contributed by atoms with Crippen molar-refractivity contribution in [1.29, 1.82) is 0 Å². The standard InChI is InChI=1S/C25H23F3N2O/c26-25(27,28)22-14-7-13-21-20(12-4-5-15-29)23(30-24(21)22)17-8-6-11-19(16-17)31-18-9-2-1-3-10-18/h1-3,6-11,13-14,16,30H,4-5,12,15,29H2. The molecule has 3 nitrogen and oxygen atoms in total. The maximum absolute atomic E-state index is 13.6. The molecule has 4 rings (SSSR count). The van der Waals surface area contributed by atoms with E-state index < -0.39 is 11.7 Å². The predicted molar refractivity (Wildman–Crippen MR) is 117 cm³/mol. The summed E-state index contributed by atoms with van der Waals surface area (Å²) in [4.78, 5) is 3.07. The molecule has 0 aliphatic heterocycles. The second-order valence-corrected chi connectivity index (χ2v) is 7.39. The summed E-state index contributed by atoms with van der Waals surface area (Å²) in [7, 11) is 0. The summed E-state index contributed by atoms with van der Waals surface area (Å²) in [6.07, 6.45) is -2.19. The van der Waals surface area contributed by atoms with Gasteiger partial charge in [-0.3, -0.25) is 0 Å². The van der Waals surface area contributed by atoms with Crippen LogP contribution >= 0.6 is 0 Å². The van der Waals surface area contributed by atoms with E-state index in [4.69, 9.17) is 10.5 Å². The monoisotopic (exact) mass is 424 g/mol. The number of ether oxygens (including phenoxy) is 1. The summed E-state index contributed by atoms with van der Waals surface area (Å²) in [5, 5.41) is 0.594. The van der Waals surface area contributed by atoms with E-state index in [1.165, 1.54) is 6.07 Å². The fourth-order valence-corrected chi connectivity index (χ4v) is 3.80. The van der Waals surface area contributed by atoms with Gasteiger partial charge in [0.1, 0.15) is 11.5 Å². The van der Waals surface area contributed by atoms with Gasteiger partial charge in [0, 0.05) is 16.6 Å². The Morgan fingerprint density at radius 1 is 0.839 bits per heavy atom. The van der Waals surface area contributed by atoms with Crippen molar-refractivity contribution in [1.82, 2.24) is 4.98 Å². The molecule has 0 unspecified atom stereocenters. The normalized spacial score (nSPS) is 11.7. The first kappa shape index (κ1) is 21.0. The molecule has 0 aliphatic carbocycles. The number of nitrogens with one attached hydrogen (secondary N) is 1. The van der Waals surface area contributed by atoms with E-state index >= 15 is 0 Å². The van der Waals surface area contributed by atoms with Gasteiger partial charge >= 0.3 is 6.18 Å². The number of hydrogen-bond acceptors (Lipinski definition) is 2. The zero-order valence-corrected chi connectivity index (χ0v) is 16.9. The van der Waals surface area contributed by atoms with Crippen molar-refractivity contribution in [3.05, 3.63) is 83.9 Å². The number of H-pyrrole nitrogens is 1. The molecular weight excluding hydrogens is 401 g/mol. The van der Waals surface area contributed by atoms with Gasteiger partial charge in [-0.25, -0.2) is 0 Å². The lowest BCUT2D eigenvalue weighted by Crippen LogP contribution is -2.05. The lowest BCUT2D eigenvalue weighted by Gasteiger charge is -2.09. The first-order valence-electron chi connectivity index (χ1n) is 10.2. The Labute approximate surface area is 178 Å². The van der Waals surface area contributed by atoms with Crippen molar-refractivity contribution in [2.24, 2.45) is 5.73 Å². The van der Waals surface area contributed by atoms with Crippen LogP contribution in [0.2, 0.25) is 0 Å². The van der Waals surface area contributed by atoms with E-state index in [1.807, 2.05) is 54.6 Å². The molecule has 0 spiro atoms. The maximum Gasteiger partial charge on any atom is 0.418 e. The molecule has 4 aromatic rings. The largest absolute Gasteiger partial charge is 0.457 e. The molecule has 0 bridgehead atoms. The quantitative estimate of drug-likeness (QED) is 0.316. The summed E-state index contributed by atoms with van der Waals surface area (Å²) in [6.45, 7) is 0.548. The Bertz CT molecular complexity index is 1170. The van der Waals surface area contributed by atoms with Gasteiger partial charge in [0.05, 0.1) is 11.1 Å². The third kappa shape index (κ3) is 4.59. The zero-order valence-electron chi connectivity index (χ0n) is 16.9. The smallest absolute Gasteiger partial charge is 0.418 e. The van der Waals surface area contributed by atoms with Gasteiger partial charge in [-0.05, 0) is 61.7 Å². The van der Waals surface area contributed by atoms with E-state index in [0.717, 1.165) is 30.0 Å². The van der Waals surface area contributed by atoms with Crippen LogP contribution in [-0.2, 0) is 12.6 Å². The van der Waals surface area contributed by atoms with Crippen LogP contribution in [0.4, 0.5) is 13.2 Å². The first-order valence-corrected chi connectivity index (χ1v) is 10.2. The topological polar surface area (TPSA) is 51.0 Å². The van der Waals surface area contributed by atoms with E-state index in [-0.39, 0.29) is 5.52 Å². The SMILES string of the molecule is NCCCCc1c(-c2cccc(Oc3ccccc3)c2)[nH]c2c(C(F)(F)F)cccc12. The van der Waals surface area contributed by atoms with Crippen LogP contribution in [-0.4, -0.2) is 11.5 Å². The third-order valence-electron chi connectivity index (χ3n) is 5.23. The number of benzene rings is 3. The minimum Gasteiger partial charge on any atom is -0.457 e. The molecule has 3 N–H and O–H groups in total. The Morgan fingerprint density at radius 3 is 2.32 bits per heavy atom. The van der Waals surface area contributed by atoms with Crippen LogP contribution in [0, 0.1) is 0 Å². The highest BCUT2D eigenvalue weighted by molar-refractivity contribution is 5.93. The van der Waals surface area contributed by atoms with E-state index in [9.17, 15) is 13.2 Å². The molecule has 3 aromatic carbocycles. The highest BCUT2D eigenvalue weighted by atomic mass is 19.4. The van der Waals surface area contributed by atoms with Crippen LogP contribution in [0.25, 0.3) is 22.2 Å². The lowest BCUT2D eigenvalue weighted by atomic mass is 9.99. The number of aryl methyl sites for hydroxylation is 1. The number of fused-ring (bicyclic) bond motifs is 1. The highest BCUT2D eigenvalue weighted by Gasteiger charge is 2.34. The number of aromatic nitrogens is 1.